The monoisotopic (exact) mass is 341 g/mol. The molecule has 0 unspecified atom stereocenters. The molecule has 0 aromatic heterocycles. The zero-order chi connectivity index (χ0) is 17.4. The zero-order valence-electron chi connectivity index (χ0n) is 14.2. The Morgan fingerprint density at radius 1 is 1.12 bits per heavy atom. The normalized spacial score (nSPS) is 26.5. The number of benzene rings is 1. The van der Waals surface area contributed by atoms with Gasteiger partial charge in [-0.05, 0) is 37.8 Å². The van der Waals surface area contributed by atoms with Crippen LogP contribution in [-0.4, -0.2) is 41.2 Å². The molecule has 25 heavy (non-hydrogen) atoms. The van der Waals surface area contributed by atoms with Crippen LogP contribution in [0.3, 0.4) is 0 Å². The smallest absolute Gasteiger partial charge is 0.256 e. The van der Waals surface area contributed by atoms with Crippen molar-refractivity contribution in [3.8, 4) is 0 Å². The minimum absolute atomic E-state index is 0.0471. The Bertz CT molecular complexity index is 712. The molecule has 132 valence electrons. The lowest BCUT2D eigenvalue weighted by atomic mass is 9.95. The van der Waals surface area contributed by atoms with E-state index >= 15 is 0 Å². The van der Waals surface area contributed by atoms with Crippen LogP contribution in [0.15, 0.2) is 24.3 Å². The molecule has 1 saturated heterocycles. The van der Waals surface area contributed by atoms with Crippen molar-refractivity contribution in [2.45, 2.75) is 50.6 Å². The van der Waals surface area contributed by atoms with Crippen molar-refractivity contribution >= 4 is 23.4 Å². The fourth-order valence-electron chi connectivity index (χ4n) is 4.24. The second kappa shape index (κ2) is 6.50. The number of nitrogens with zero attached hydrogens (tertiary/aromatic N) is 1. The highest BCUT2D eigenvalue weighted by Gasteiger charge is 2.40. The van der Waals surface area contributed by atoms with Crippen LogP contribution in [0.5, 0.6) is 0 Å². The third-order valence-corrected chi connectivity index (χ3v) is 5.65. The molecule has 2 aliphatic heterocycles. The van der Waals surface area contributed by atoms with Gasteiger partial charge in [0.1, 0.15) is 6.04 Å². The molecule has 3 amide bonds. The highest BCUT2D eigenvalue weighted by Crippen LogP contribution is 2.29. The van der Waals surface area contributed by atoms with E-state index in [0.29, 0.717) is 30.6 Å². The summed E-state index contributed by atoms with van der Waals surface area (Å²) in [4.78, 5) is 39.5. The Kier molecular flexibility index (Phi) is 4.19. The molecule has 0 radical (unpaired) electrons. The number of carbonyl (C=O) groups excluding carboxylic acids is 3. The first-order valence-corrected chi connectivity index (χ1v) is 9.15. The first kappa shape index (κ1) is 16.1. The molecule has 1 saturated carbocycles. The van der Waals surface area contributed by atoms with E-state index < -0.39 is 6.04 Å². The van der Waals surface area contributed by atoms with Gasteiger partial charge in [-0.3, -0.25) is 14.4 Å². The molecule has 1 aliphatic carbocycles. The van der Waals surface area contributed by atoms with Crippen molar-refractivity contribution in [2.24, 2.45) is 5.92 Å². The molecule has 2 heterocycles. The molecule has 3 aliphatic rings. The summed E-state index contributed by atoms with van der Waals surface area (Å²) >= 11 is 0. The third kappa shape index (κ3) is 3.01. The van der Waals surface area contributed by atoms with Crippen molar-refractivity contribution in [2.75, 3.05) is 11.9 Å². The molecule has 4 rings (SSSR count). The van der Waals surface area contributed by atoms with Crippen molar-refractivity contribution in [1.82, 2.24) is 10.2 Å². The number of anilines is 1. The summed E-state index contributed by atoms with van der Waals surface area (Å²) in [7, 11) is 0. The van der Waals surface area contributed by atoms with Crippen LogP contribution in [0.25, 0.3) is 0 Å². The number of piperidine rings is 1. The molecule has 2 fully saturated rings. The lowest BCUT2D eigenvalue weighted by Crippen LogP contribution is -2.55. The summed E-state index contributed by atoms with van der Waals surface area (Å²) < 4.78 is 0. The Morgan fingerprint density at radius 3 is 2.68 bits per heavy atom. The molecule has 6 heteroatoms. The Hall–Kier alpha value is -2.37. The summed E-state index contributed by atoms with van der Waals surface area (Å²) in [6, 6.07) is 6.53. The van der Waals surface area contributed by atoms with Crippen LogP contribution >= 0.6 is 0 Å². The summed E-state index contributed by atoms with van der Waals surface area (Å²) in [5.74, 6) is -0.0518. The lowest BCUT2D eigenvalue weighted by molar-refractivity contribution is -0.127. The predicted molar refractivity (Wildman–Crippen MR) is 93.0 cm³/mol. The first-order valence-electron chi connectivity index (χ1n) is 9.15. The van der Waals surface area contributed by atoms with Crippen molar-refractivity contribution < 1.29 is 14.4 Å². The van der Waals surface area contributed by atoms with Crippen LogP contribution in [0.1, 0.15) is 48.9 Å². The number of carbonyl (C=O) groups is 3. The molecule has 6 nitrogen and oxygen atoms in total. The molecule has 2 atom stereocenters. The number of hydrogen-bond donors (Lipinski definition) is 2. The summed E-state index contributed by atoms with van der Waals surface area (Å²) in [6.45, 7) is 0.487. The van der Waals surface area contributed by atoms with Crippen LogP contribution in [0.4, 0.5) is 5.69 Å². The molecule has 0 bridgehead atoms. The van der Waals surface area contributed by atoms with Gasteiger partial charge in [0.15, 0.2) is 0 Å². The molecule has 0 spiro atoms. The molecule has 1 aromatic rings. The zero-order valence-corrected chi connectivity index (χ0v) is 14.2. The predicted octanol–water partition coefficient (Wildman–Crippen LogP) is 1.92. The van der Waals surface area contributed by atoms with Gasteiger partial charge in [0.05, 0.1) is 11.3 Å². The van der Waals surface area contributed by atoms with Gasteiger partial charge in [0.25, 0.3) is 5.91 Å². The SMILES string of the molecule is O=C(N[C@H]1CCN2C(=O)c3ccccc3NC(=O)[C@@H]2C1)C1CCCC1. The van der Waals surface area contributed by atoms with E-state index in [4.69, 9.17) is 0 Å². The number of amides is 3. The van der Waals surface area contributed by atoms with E-state index in [2.05, 4.69) is 10.6 Å². The quantitative estimate of drug-likeness (QED) is 0.863. The highest BCUT2D eigenvalue weighted by molar-refractivity contribution is 6.09. The van der Waals surface area contributed by atoms with Crippen LogP contribution < -0.4 is 10.6 Å². The average Bonchev–Trinajstić information content (AvgIpc) is 3.13. The maximum absolute atomic E-state index is 12.8. The average molecular weight is 341 g/mol. The van der Waals surface area contributed by atoms with E-state index in [0.717, 1.165) is 25.7 Å². The molecule has 1 aromatic carbocycles. The number of nitrogens with one attached hydrogen (secondary N) is 2. The molecular formula is C19H23N3O3. The number of para-hydroxylation sites is 1. The number of rotatable bonds is 2. The topological polar surface area (TPSA) is 78.5 Å². The van der Waals surface area contributed by atoms with Gasteiger partial charge < -0.3 is 15.5 Å². The number of hydrogen-bond acceptors (Lipinski definition) is 3. The minimum Gasteiger partial charge on any atom is -0.353 e. The molecule has 2 N–H and O–H groups in total. The van der Waals surface area contributed by atoms with Crippen LogP contribution in [0.2, 0.25) is 0 Å². The van der Waals surface area contributed by atoms with Crippen molar-refractivity contribution in [3.63, 3.8) is 0 Å². The van der Waals surface area contributed by atoms with Gasteiger partial charge in [-0.2, -0.15) is 0 Å². The second-order valence-electron chi connectivity index (χ2n) is 7.26. The van der Waals surface area contributed by atoms with Gasteiger partial charge in [-0.25, -0.2) is 0 Å². The Morgan fingerprint density at radius 2 is 1.88 bits per heavy atom. The van der Waals surface area contributed by atoms with Crippen LogP contribution in [-0.2, 0) is 9.59 Å². The van der Waals surface area contributed by atoms with Crippen molar-refractivity contribution in [1.29, 1.82) is 0 Å². The van der Waals surface area contributed by atoms with Gasteiger partial charge in [0, 0.05) is 18.5 Å². The van der Waals surface area contributed by atoms with Crippen LogP contribution in [0, 0.1) is 5.92 Å². The van der Waals surface area contributed by atoms with Gasteiger partial charge >= 0.3 is 0 Å². The highest BCUT2D eigenvalue weighted by atomic mass is 16.2. The van der Waals surface area contributed by atoms with E-state index in [1.54, 1.807) is 29.2 Å². The second-order valence-corrected chi connectivity index (χ2v) is 7.26. The summed E-state index contributed by atoms with van der Waals surface area (Å²) in [6.07, 6.45) is 5.33. The van der Waals surface area contributed by atoms with Gasteiger partial charge in [0.2, 0.25) is 11.8 Å². The maximum Gasteiger partial charge on any atom is 0.256 e. The maximum atomic E-state index is 12.8. The number of fused-ring (bicyclic) bond motifs is 2. The van der Waals surface area contributed by atoms with Gasteiger partial charge in [-0.1, -0.05) is 25.0 Å². The summed E-state index contributed by atoms with van der Waals surface area (Å²) in [5.41, 5.74) is 1.10. The van der Waals surface area contributed by atoms with E-state index in [-0.39, 0.29) is 29.7 Å². The van der Waals surface area contributed by atoms with E-state index in [1.807, 2.05) is 0 Å². The summed E-state index contributed by atoms with van der Waals surface area (Å²) in [5, 5.41) is 5.98. The Labute approximate surface area is 147 Å². The largest absolute Gasteiger partial charge is 0.353 e. The lowest BCUT2D eigenvalue weighted by Gasteiger charge is -2.37. The standard InChI is InChI=1S/C19H23N3O3/c23-17(12-5-1-2-6-12)20-13-9-10-22-16(11-13)18(24)21-15-8-4-3-7-14(15)19(22)25/h3-4,7-8,12-13,16H,1-2,5-6,9-11H2,(H,20,23)(H,21,24)/t13-,16-/m0/s1. The first-order chi connectivity index (χ1) is 12.1. The van der Waals surface area contributed by atoms with Crippen molar-refractivity contribution in [3.05, 3.63) is 29.8 Å². The van der Waals surface area contributed by atoms with E-state index in [1.165, 1.54) is 0 Å². The third-order valence-electron chi connectivity index (χ3n) is 5.65. The fraction of sp³-hybridized carbons (Fsp3) is 0.526. The van der Waals surface area contributed by atoms with Gasteiger partial charge in [-0.15, -0.1) is 0 Å². The fourth-order valence-corrected chi connectivity index (χ4v) is 4.24. The minimum atomic E-state index is -0.525. The molecular weight excluding hydrogens is 318 g/mol. The Balaban J connectivity index is 1.48. The van der Waals surface area contributed by atoms with E-state index in [9.17, 15) is 14.4 Å².